The number of amides is 2. The number of aromatic nitrogens is 4. The maximum Gasteiger partial charge on any atom is 0.269 e. The zero-order valence-corrected chi connectivity index (χ0v) is 18.5. The SMILES string of the molecule is COc1cc(Nc2nccc(-c3cc(C(=O)NCC(=O)N(C)C)n(C)n3)n2)cc(OC)c1. The average molecular weight is 439 g/mol. The van der Waals surface area contributed by atoms with E-state index in [9.17, 15) is 9.59 Å². The molecule has 0 spiro atoms. The molecule has 0 saturated carbocycles. The van der Waals surface area contributed by atoms with E-state index in [1.165, 1.54) is 9.58 Å². The van der Waals surface area contributed by atoms with Crippen molar-refractivity contribution in [2.75, 3.05) is 40.2 Å². The molecule has 2 aromatic heterocycles. The molecular formula is C21H25N7O4. The molecule has 0 unspecified atom stereocenters. The summed E-state index contributed by atoms with van der Waals surface area (Å²) in [5, 5.41) is 10.1. The lowest BCUT2D eigenvalue weighted by molar-refractivity contribution is -0.127. The summed E-state index contributed by atoms with van der Waals surface area (Å²) in [6, 6.07) is 8.63. The fraction of sp³-hybridized carbons (Fsp3) is 0.286. The molecule has 1 aromatic carbocycles. The third kappa shape index (κ3) is 5.31. The molecule has 0 aliphatic heterocycles. The summed E-state index contributed by atoms with van der Waals surface area (Å²) in [7, 11) is 8.04. The topological polar surface area (TPSA) is 123 Å². The molecule has 32 heavy (non-hydrogen) atoms. The van der Waals surface area contributed by atoms with Crippen LogP contribution in [0.2, 0.25) is 0 Å². The minimum atomic E-state index is -0.405. The molecule has 2 N–H and O–H groups in total. The second-order valence-corrected chi connectivity index (χ2v) is 7.00. The maximum absolute atomic E-state index is 12.5. The monoisotopic (exact) mass is 439 g/mol. The van der Waals surface area contributed by atoms with E-state index >= 15 is 0 Å². The Balaban J connectivity index is 1.79. The van der Waals surface area contributed by atoms with Gasteiger partial charge in [-0.3, -0.25) is 14.3 Å². The first-order valence-corrected chi connectivity index (χ1v) is 9.66. The lowest BCUT2D eigenvalue weighted by Gasteiger charge is -2.10. The molecule has 0 radical (unpaired) electrons. The lowest BCUT2D eigenvalue weighted by Crippen LogP contribution is -2.36. The van der Waals surface area contributed by atoms with Crippen LogP contribution in [0.25, 0.3) is 11.4 Å². The van der Waals surface area contributed by atoms with Crippen LogP contribution in [0, 0.1) is 0 Å². The highest BCUT2D eigenvalue weighted by Crippen LogP contribution is 2.27. The number of benzene rings is 1. The number of hydrogen-bond donors (Lipinski definition) is 2. The highest BCUT2D eigenvalue weighted by molar-refractivity contribution is 5.95. The van der Waals surface area contributed by atoms with Gasteiger partial charge in [0.2, 0.25) is 11.9 Å². The second-order valence-electron chi connectivity index (χ2n) is 7.00. The van der Waals surface area contributed by atoms with Gasteiger partial charge in [0.15, 0.2) is 0 Å². The largest absolute Gasteiger partial charge is 0.497 e. The summed E-state index contributed by atoms with van der Waals surface area (Å²) in [6.07, 6.45) is 1.59. The molecule has 2 amide bonds. The Hall–Kier alpha value is -4.15. The van der Waals surface area contributed by atoms with E-state index in [0.29, 0.717) is 40.2 Å². The minimum Gasteiger partial charge on any atom is -0.497 e. The van der Waals surface area contributed by atoms with Gasteiger partial charge < -0.3 is 25.0 Å². The Kier molecular flexibility index (Phi) is 6.88. The van der Waals surface area contributed by atoms with E-state index in [1.807, 2.05) is 0 Å². The fourth-order valence-electron chi connectivity index (χ4n) is 2.78. The number of anilines is 2. The summed E-state index contributed by atoms with van der Waals surface area (Å²) in [5.41, 5.74) is 2.00. The van der Waals surface area contributed by atoms with Crippen LogP contribution in [0.3, 0.4) is 0 Å². The number of hydrogen-bond acceptors (Lipinski definition) is 8. The number of rotatable bonds is 8. The van der Waals surface area contributed by atoms with E-state index in [4.69, 9.17) is 9.47 Å². The second kappa shape index (κ2) is 9.77. The summed E-state index contributed by atoms with van der Waals surface area (Å²) >= 11 is 0. The molecule has 0 bridgehead atoms. The summed E-state index contributed by atoms with van der Waals surface area (Å²) in [4.78, 5) is 34.3. The van der Waals surface area contributed by atoms with Gasteiger partial charge in [0.05, 0.1) is 26.5 Å². The smallest absolute Gasteiger partial charge is 0.269 e. The van der Waals surface area contributed by atoms with Crippen molar-refractivity contribution in [3.63, 3.8) is 0 Å². The van der Waals surface area contributed by atoms with E-state index in [2.05, 4.69) is 25.7 Å². The standard InChI is InChI=1S/C21H25N7O4/c1-27(2)19(29)12-23-20(30)18-11-17(26-28(18)3)16-6-7-22-21(25-16)24-13-8-14(31-4)10-15(9-13)32-5/h6-11H,12H2,1-5H3,(H,23,30)(H,22,24,25). The third-order valence-corrected chi connectivity index (χ3v) is 4.54. The van der Waals surface area contributed by atoms with Crippen LogP contribution in [0.15, 0.2) is 36.5 Å². The quantitative estimate of drug-likeness (QED) is 0.541. The van der Waals surface area contributed by atoms with E-state index in [0.717, 1.165) is 0 Å². The van der Waals surface area contributed by atoms with Gasteiger partial charge in [0.1, 0.15) is 22.9 Å². The molecule has 0 fully saturated rings. The van der Waals surface area contributed by atoms with Crippen molar-refractivity contribution >= 4 is 23.5 Å². The number of nitrogens with zero attached hydrogens (tertiary/aromatic N) is 5. The Morgan fingerprint density at radius 3 is 2.38 bits per heavy atom. The van der Waals surface area contributed by atoms with Crippen LogP contribution in [0.1, 0.15) is 10.5 Å². The number of aryl methyl sites for hydroxylation is 1. The Morgan fingerprint density at radius 1 is 1.06 bits per heavy atom. The zero-order chi connectivity index (χ0) is 23.3. The molecule has 0 atom stereocenters. The van der Waals surface area contributed by atoms with Gasteiger partial charge in [0, 0.05) is 51.2 Å². The van der Waals surface area contributed by atoms with Gasteiger partial charge >= 0.3 is 0 Å². The number of carbonyl (C=O) groups is 2. The average Bonchev–Trinajstić information content (AvgIpc) is 3.18. The van der Waals surface area contributed by atoms with Crippen molar-refractivity contribution in [3.05, 3.63) is 42.2 Å². The van der Waals surface area contributed by atoms with Crippen molar-refractivity contribution in [1.82, 2.24) is 30.0 Å². The van der Waals surface area contributed by atoms with Crippen LogP contribution in [0.5, 0.6) is 11.5 Å². The molecule has 11 nitrogen and oxygen atoms in total. The predicted molar refractivity (Wildman–Crippen MR) is 118 cm³/mol. The zero-order valence-electron chi connectivity index (χ0n) is 18.5. The predicted octanol–water partition coefficient (Wildman–Crippen LogP) is 1.46. The van der Waals surface area contributed by atoms with Crippen molar-refractivity contribution in [3.8, 4) is 22.9 Å². The normalized spacial score (nSPS) is 10.4. The van der Waals surface area contributed by atoms with Crippen molar-refractivity contribution < 1.29 is 19.1 Å². The number of methoxy groups -OCH3 is 2. The molecule has 2 heterocycles. The first-order chi connectivity index (χ1) is 15.3. The van der Waals surface area contributed by atoms with Crippen molar-refractivity contribution in [2.24, 2.45) is 7.05 Å². The van der Waals surface area contributed by atoms with Gasteiger partial charge in [-0.25, -0.2) is 9.97 Å². The van der Waals surface area contributed by atoms with Gasteiger partial charge in [0.25, 0.3) is 5.91 Å². The molecule has 0 saturated heterocycles. The minimum absolute atomic E-state index is 0.0993. The molecule has 0 aliphatic rings. The summed E-state index contributed by atoms with van der Waals surface area (Å²) in [6.45, 7) is -0.0993. The Bertz CT molecular complexity index is 1100. The van der Waals surface area contributed by atoms with Gasteiger partial charge in [-0.15, -0.1) is 0 Å². The summed E-state index contributed by atoms with van der Waals surface area (Å²) in [5.74, 6) is 0.970. The van der Waals surface area contributed by atoms with Crippen LogP contribution in [-0.4, -0.2) is 71.3 Å². The molecule has 0 aliphatic carbocycles. The van der Waals surface area contributed by atoms with Crippen molar-refractivity contribution in [2.45, 2.75) is 0 Å². The first-order valence-electron chi connectivity index (χ1n) is 9.66. The fourth-order valence-corrected chi connectivity index (χ4v) is 2.78. The highest BCUT2D eigenvalue weighted by atomic mass is 16.5. The van der Waals surface area contributed by atoms with Crippen LogP contribution < -0.4 is 20.1 Å². The lowest BCUT2D eigenvalue weighted by atomic mass is 10.2. The Labute approximate surface area is 185 Å². The van der Waals surface area contributed by atoms with E-state index < -0.39 is 5.91 Å². The summed E-state index contributed by atoms with van der Waals surface area (Å²) < 4.78 is 12.0. The van der Waals surface area contributed by atoms with Gasteiger partial charge in [-0.2, -0.15) is 5.10 Å². The first kappa shape index (κ1) is 22.5. The molecule has 11 heteroatoms. The third-order valence-electron chi connectivity index (χ3n) is 4.54. The van der Waals surface area contributed by atoms with Crippen LogP contribution >= 0.6 is 0 Å². The van der Waals surface area contributed by atoms with Gasteiger partial charge in [-0.05, 0) is 12.1 Å². The molecular weight excluding hydrogens is 414 g/mol. The van der Waals surface area contributed by atoms with Crippen LogP contribution in [0.4, 0.5) is 11.6 Å². The number of carbonyl (C=O) groups excluding carboxylic acids is 2. The Morgan fingerprint density at radius 2 is 1.75 bits per heavy atom. The maximum atomic E-state index is 12.5. The van der Waals surface area contributed by atoms with Gasteiger partial charge in [-0.1, -0.05) is 0 Å². The molecule has 3 rings (SSSR count). The number of nitrogens with one attached hydrogen (secondary N) is 2. The van der Waals surface area contributed by atoms with Crippen molar-refractivity contribution in [1.29, 1.82) is 0 Å². The van der Waals surface area contributed by atoms with E-state index in [-0.39, 0.29) is 12.5 Å². The van der Waals surface area contributed by atoms with E-state index in [1.54, 1.807) is 71.9 Å². The molecule has 168 valence electrons. The number of ether oxygens (including phenoxy) is 2. The number of likely N-dealkylation sites (N-methyl/N-ethyl adjacent to an activating group) is 1. The van der Waals surface area contributed by atoms with Crippen LogP contribution in [-0.2, 0) is 11.8 Å². The highest BCUT2D eigenvalue weighted by Gasteiger charge is 2.17. The molecule has 3 aromatic rings.